The Morgan fingerprint density at radius 1 is 1.50 bits per heavy atom. The molecule has 0 radical (unpaired) electrons. The summed E-state index contributed by atoms with van der Waals surface area (Å²) in [5.74, 6) is 0. The molecule has 0 aliphatic rings. The zero-order chi connectivity index (χ0) is 3.58. The third-order valence-electron chi connectivity index (χ3n) is 0. The molecular weight excluding hydrogens is 190 g/mol. The minimum Gasteiger partial charge on any atom is -1.00 e. The van der Waals surface area contributed by atoms with Gasteiger partial charge >= 0.3 is 38.7 Å². The number of hydrogen-bond acceptors (Lipinski definition) is 1. The second-order valence-corrected chi connectivity index (χ2v) is 0.848. The molecule has 0 bridgehead atoms. The molecule has 0 aromatic rings. The van der Waals surface area contributed by atoms with E-state index in [0.29, 0.717) is 0 Å². The van der Waals surface area contributed by atoms with Gasteiger partial charge in [-0.1, -0.05) is 0 Å². The van der Waals surface area contributed by atoms with Crippen LogP contribution in [0.25, 0.3) is 0 Å². The maximum Gasteiger partial charge on any atom is 1.00 e. The van der Waals surface area contributed by atoms with Gasteiger partial charge in [0.05, 0.1) is 0 Å². The first kappa shape index (κ1) is 15.6. The molecule has 0 rings (SSSR count). The molecule has 3 nitrogen and oxygen atoms in total. The fourth-order valence-corrected chi connectivity index (χ4v) is 0. The van der Waals surface area contributed by atoms with Crippen LogP contribution in [-0.2, 0) is 30.7 Å². The second-order valence-electron chi connectivity index (χ2n) is 0.283. The van der Waals surface area contributed by atoms with Crippen LogP contribution in [0.1, 0.15) is 1.43 Å². The van der Waals surface area contributed by atoms with Crippen molar-refractivity contribution in [2.75, 3.05) is 0 Å². The van der Waals surface area contributed by atoms with E-state index in [2.05, 4.69) is 0 Å². The molecule has 0 saturated carbocycles. The molecule has 0 fully saturated rings. The van der Waals surface area contributed by atoms with E-state index in [1.807, 2.05) is 0 Å². The van der Waals surface area contributed by atoms with Crippen molar-refractivity contribution in [3.8, 4) is 0 Å². The molecule has 6 heteroatoms. The van der Waals surface area contributed by atoms with Gasteiger partial charge in [-0.05, 0) is 0 Å². The van der Waals surface area contributed by atoms with E-state index < -0.39 is 9.17 Å². The topological polar surface area (TPSA) is 57.5 Å². The zero-order valence-electron chi connectivity index (χ0n) is 4.30. The standard InChI is InChI=1S/Na.H2O3Si.Zr.H/c;1-4(2)3;;/h;1-2H;;/q+1;;;-1. The molecule has 0 aliphatic heterocycles. The Labute approximate surface area is 79.6 Å². The molecule has 0 unspecified atom stereocenters. The Kier molecular flexibility index (Phi) is 25.3. The van der Waals surface area contributed by atoms with Crippen LogP contribution >= 0.6 is 0 Å². The van der Waals surface area contributed by atoms with Crippen LogP contribution in [-0.4, -0.2) is 18.8 Å². The molecule has 0 heterocycles. The van der Waals surface area contributed by atoms with Gasteiger partial charge in [0.2, 0.25) is 0 Å². The van der Waals surface area contributed by atoms with E-state index >= 15 is 0 Å². The van der Waals surface area contributed by atoms with Crippen molar-refractivity contribution in [3.63, 3.8) is 0 Å². The van der Waals surface area contributed by atoms with Gasteiger partial charge in [0, 0.05) is 26.2 Å². The number of rotatable bonds is 0. The fraction of sp³-hybridized carbons (Fsp3) is 0. The van der Waals surface area contributed by atoms with Gasteiger partial charge in [-0.2, -0.15) is 0 Å². The Bertz CT molecular complexity index is 37.9. The maximum atomic E-state index is 8.74. The predicted octanol–water partition coefficient (Wildman–Crippen LogP) is -4.50. The molecule has 0 aromatic carbocycles. The van der Waals surface area contributed by atoms with Gasteiger partial charge in [0.15, 0.2) is 0 Å². The van der Waals surface area contributed by atoms with Gasteiger partial charge in [-0.25, -0.2) is 0 Å². The van der Waals surface area contributed by atoms with Crippen LogP contribution in [0.3, 0.4) is 0 Å². The van der Waals surface area contributed by atoms with Gasteiger partial charge in [-0.15, -0.1) is 0 Å². The smallest absolute Gasteiger partial charge is 1.00 e. The van der Waals surface area contributed by atoms with E-state index in [4.69, 9.17) is 14.1 Å². The van der Waals surface area contributed by atoms with Crippen molar-refractivity contribution in [1.82, 2.24) is 0 Å². The zero-order valence-corrected chi connectivity index (χ0v) is 8.76. The first-order valence-electron chi connectivity index (χ1n) is 0.651. The summed E-state index contributed by atoms with van der Waals surface area (Å²) in [6.45, 7) is 0. The molecule has 2 N–H and O–H groups in total. The van der Waals surface area contributed by atoms with E-state index in [-0.39, 0.29) is 57.2 Å². The first-order chi connectivity index (χ1) is 1.73. The SMILES string of the molecule is O=[Si](O)O.[H-].[Na+].[Zr]. The van der Waals surface area contributed by atoms with Crippen LogP contribution in [0.4, 0.5) is 0 Å². The number of hydrogen-bond donors (Lipinski definition) is 2. The van der Waals surface area contributed by atoms with E-state index in [1.54, 1.807) is 0 Å². The monoisotopic (exact) mass is 192 g/mol. The van der Waals surface area contributed by atoms with Crippen molar-refractivity contribution >= 4 is 9.17 Å². The van der Waals surface area contributed by atoms with Crippen LogP contribution in [0, 0.1) is 0 Å². The second kappa shape index (κ2) is 9.71. The van der Waals surface area contributed by atoms with E-state index in [0.717, 1.165) is 0 Å². The van der Waals surface area contributed by atoms with Crippen molar-refractivity contribution in [1.29, 1.82) is 0 Å². The molecule has 6 heavy (non-hydrogen) atoms. The van der Waals surface area contributed by atoms with Gasteiger partial charge in [-0.3, -0.25) is 4.46 Å². The average molecular weight is 193 g/mol. The molecule has 0 aliphatic carbocycles. The molecule has 0 atom stereocenters. The molecule has 0 amide bonds. The quantitative estimate of drug-likeness (QED) is 0.381. The summed E-state index contributed by atoms with van der Waals surface area (Å²) in [6.07, 6.45) is 0. The molecule has 0 aromatic heterocycles. The van der Waals surface area contributed by atoms with Crippen LogP contribution in [0.5, 0.6) is 0 Å². The summed E-state index contributed by atoms with van der Waals surface area (Å²) in [6, 6.07) is 0. The summed E-state index contributed by atoms with van der Waals surface area (Å²) in [4.78, 5) is 14.3. The summed E-state index contributed by atoms with van der Waals surface area (Å²) < 4.78 is 8.74. The summed E-state index contributed by atoms with van der Waals surface area (Å²) in [5.41, 5.74) is 0. The summed E-state index contributed by atoms with van der Waals surface area (Å²) in [7, 11) is -3.13. The van der Waals surface area contributed by atoms with Crippen molar-refractivity contribution in [3.05, 3.63) is 0 Å². The normalized spacial score (nSPS) is 4.00. The first-order valence-corrected chi connectivity index (χ1v) is 1.95. The Morgan fingerprint density at radius 3 is 1.50 bits per heavy atom. The van der Waals surface area contributed by atoms with Crippen LogP contribution in [0.2, 0.25) is 0 Å². The third-order valence-corrected chi connectivity index (χ3v) is 0. The Balaban J connectivity index is -0.0000000150. The fourth-order valence-electron chi connectivity index (χ4n) is 0. The van der Waals surface area contributed by atoms with Crippen molar-refractivity contribution in [2.45, 2.75) is 0 Å². The van der Waals surface area contributed by atoms with Gasteiger partial charge in [0.1, 0.15) is 0 Å². The van der Waals surface area contributed by atoms with Crippen LogP contribution in [0.15, 0.2) is 0 Å². The van der Waals surface area contributed by atoms with E-state index in [9.17, 15) is 0 Å². The minimum absolute atomic E-state index is 0. The predicted molar refractivity (Wildman–Crippen MR) is 12.0 cm³/mol. The van der Waals surface area contributed by atoms with Crippen molar-refractivity contribution < 1.29 is 71.2 Å². The Hall–Kier alpha value is 1.50. The molecular formula is H3NaO3SiZr. The van der Waals surface area contributed by atoms with Crippen molar-refractivity contribution in [2.24, 2.45) is 0 Å². The maximum absolute atomic E-state index is 8.74. The molecule has 30 valence electrons. The third kappa shape index (κ3) is 49.5. The molecule has 0 spiro atoms. The average Bonchev–Trinajstić information content (AvgIpc) is 0.811. The van der Waals surface area contributed by atoms with Gasteiger partial charge < -0.3 is 11.0 Å². The molecule has 0 saturated heterocycles. The Morgan fingerprint density at radius 2 is 1.50 bits per heavy atom. The van der Waals surface area contributed by atoms with Crippen LogP contribution < -0.4 is 29.6 Å². The summed E-state index contributed by atoms with van der Waals surface area (Å²) >= 11 is 0. The summed E-state index contributed by atoms with van der Waals surface area (Å²) in [5, 5.41) is 0. The van der Waals surface area contributed by atoms with E-state index in [1.165, 1.54) is 0 Å². The minimum atomic E-state index is -3.13. The van der Waals surface area contributed by atoms with Gasteiger partial charge in [0.25, 0.3) is 0 Å². The largest absolute Gasteiger partial charge is 1.00 e.